The van der Waals surface area contributed by atoms with Gasteiger partial charge in [0.05, 0.1) is 6.07 Å². The Hall–Kier alpha value is -2.91. The van der Waals surface area contributed by atoms with E-state index in [1.54, 1.807) is 5.32 Å². The smallest absolute Gasteiger partial charge is 0.350 e. The van der Waals surface area contributed by atoms with Crippen molar-refractivity contribution in [3.05, 3.63) is 0 Å². The lowest BCUT2D eigenvalue weighted by molar-refractivity contribution is -0.175. The third-order valence-electron chi connectivity index (χ3n) is 6.90. The molecule has 1 aliphatic heterocycles. The highest BCUT2D eigenvalue weighted by atomic mass is 19.4. The summed E-state index contributed by atoms with van der Waals surface area (Å²) in [5, 5.41) is 18.8. The van der Waals surface area contributed by atoms with Gasteiger partial charge in [-0.15, -0.1) is 0 Å². The van der Waals surface area contributed by atoms with Crippen molar-refractivity contribution in [2.75, 3.05) is 0 Å². The monoisotopic (exact) mass is 517 g/mol. The van der Waals surface area contributed by atoms with Crippen molar-refractivity contribution < 1.29 is 36.7 Å². The van der Waals surface area contributed by atoms with Crippen molar-refractivity contribution in [3.63, 3.8) is 0 Å². The molecule has 36 heavy (non-hydrogen) atoms. The minimum absolute atomic E-state index is 0.0313. The van der Waals surface area contributed by atoms with Crippen LogP contribution in [-0.4, -0.2) is 59.1 Å². The van der Waals surface area contributed by atoms with E-state index in [1.807, 2.05) is 6.07 Å². The van der Waals surface area contributed by atoms with E-state index in [2.05, 4.69) is 16.0 Å². The zero-order valence-corrected chi connectivity index (χ0v) is 20.4. The Morgan fingerprint density at radius 2 is 1.69 bits per heavy atom. The maximum atomic E-state index is 14.6. The van der Waals surface area contributed by atoms with Crippen molar-refractivity contribution in [2.24, 2.45) is 11.3 Å². The zero-order chi connectivity index (χ0) is 27.1. The summed E-state index contributed by atoms with van der Waals surface area (Å²) in [6, 6.07) is -2.37. The molecule has 4 amide bonds. The van der Waals surface area contributed by atoms with Gasteiger partial charge >= 0.3 is 12.1 Å². The van der Waals surface area contributed by atoms with Gasteiger partial charge in [0, 0.05) is 17.9 Å². The number of nitrogens with one attached hydrogen (secondary N) is 4. The first-order valence-electron chi connectivity index (χ1n) is 11.9. The van der Waals surface area contributed by atoms with E-state index in [1.165, 1.54) is 20.8 Å². The van der Waals surface area contributed by atoms with Gasteiger partial charge in [0.25, 0.3) is 0 Å². The summed E-state index contributed by atoms with van der Waals surface area (Å²) in [5.41, 5.74) is -3.13. The number of carbonyl (C=O) groups is 4. The number of alkyl halides is 4. The van der Waals surface area contributed by atoms with Crippen molar-refractivity contribution in [2.45, 2.75) is 101 Å². The molecule has 1 saturated heterocycles. The van der Waals surface area contributed by atoms with Gasteiger partial charge in [0.2, 0.25) is 17.7 Å². The Labute approximate surface area is 206 Å². The number of nitrogens with zero attached hydrogens (tertiary/aromatic N) is 1. The lowest BCUT2D eigenvalue weighted by Gasteiger charge is -2.32. The molecule has 0 aromatic heterocycles. The molecule has 0 aromatic rings. The predicted octanol–water partition coefficient (Wildman–Crippen LogP) is 1.52. The van der Waals surface area contributed by atoms with Crippen LogP contribution in [0.25, 0.3) is 0 Å². The Morgan fingerprint density at radius 1 is 1.08 bits per heavy atom. The summed E-state index contributed by atoms with van der Waals surface area (Å²) in [5.74, 6) is -5.00. The number of nitriles is 1. The molecule has 9 nitrogen and oxygen atoms in total. The fourth-order valence-electron chi connectivity index (χ4n) is 4.41. The van der Waals surface area contributed by atoms with Gasteiger partial charge in [-0.3, -0.25) is 19.2 Å². The van der Waals surface area contributed by atoms with E-state index >= 15 is 0 Å². The first-order valence-corrected chi connectivity index (χ1v) is 11.9. The second-order valence-electron chi connectivity index (χ2n) is 11.3. The van der Waals surface area contributed by atoms with E-state index in [0.717, 1.165) is 12.8 Å². The molecular formula is C23H31F4N5O4. The van der Waals surface area contributed by atoms with Gasteiger partial charge in [-0.2, -0.15) is 18.4 Å². The second-order valence-corrected chi connectivity index (χ2v) is 11.3. The average molecular weight is 518 g/mol. The quantitative estimate of drug-likeness (QED) is 0.344. The number of amides is 4. The molecule has 1 heterocycles. The minimum Gasteiger partial charge on any atom is -0.350 e. The third-order valence-corrected chi connectivity index (χ3v) is 6.90. The molecule has 2 saturated carbocycles. The standard InChI is InChI=1S/C23H31F4N5O4/c1-20(2,3)15(31-19(36)23(25,26)27)18(35)30-14(10-21(24)4-5-21)17(34)29-13(11-28)8-12-9-22(6-7-22)32-16(12)33/h12-15H,4-10H2,1-3H3,(H,29,34)(H,30,35)(H,31,36)(H,32,33). The average Bonchev–Trinajstić information content (AvgIpc) is 3.64. The summed E-state index contributed by atoms with van der Waals surface area (Å²) < 4.78 is 53.0. The van der Waals surface area contributed by atoms with Gasteiger partial charge in [-0.25, -0.2) is 4.39 Å². The highest BCUT2D eigenvalue weighted by Crippen LogP contribution is 2.46. The SMILES string of the molecule is CC(C)(C)C(NC(=O)C(F)(F)F)C(=O)NC(CC1(F)CC1)C(=O)NC(C#N)CC1CC2(CC2)NC1=O. The van der Waals surface area contributed by atoms with Crippen LogP contribution < -0.4 is 21.3 Å². The lowest BCUT2D eigenvalue weighted by atomic mass is 9.85. The van der Waals surface area contributed by atoms with Crippen LogP contribution >= 0.6 is 0 Å². The normalized spacial score (nSPS) is 24.1. The Balaban J connectivity index is 1.69. The van der Waals surface area contributed by atoms with Gasteiger partial charge in [-0.05, 0) is 43.9 Å². The second kappa shape index (κ2) is 9.52. The number of halogens is 4. The Morgan fingerprint density at radius 3 is 2.14 bits per heavy atom. The summed E-state index contributed by atoms with van der Waals surface area (Å²) in [4.78, 5) is 49.6. The van der Waals surface area contributed by atoms with Crippen LogP contribution in [0.4, 0.5) is 17.6 Å². The number of hydrogen-bond donors (Lipinski definition) is 4. The van der Waals surface area contributed by atoms with E-state index in [0.29, 0.717) is 6.42 Å². The van der Waals surface area contributed by atoms with E-state index < -0.39 is 65.4 Å². The molecule has 3 aliphatic rings. The molecule has 13 heteroatoms. The van der Waals surface area contributed by atoms with Crippen molar-refractivity contribution in [1.82, 2.24) is 21.3 Å². The number of rotatable bonds is 9. The van der Waals surface area contributed by atoms with Crippen molar-refractivity contribution in [1.29, 1.82) is 5.26 Å². The number of hydrogen-bond acceptors (Lipinski definition) is 5. The van der Waals surface area contributed by atoms with E-state index in [9.17, 15) is 42.0 Å². The first kappa shape index (κ1) is 27.7. The van der Waals surface area contributed by atoms with Gasteiger partial charge in [-0.1, -0.05) is 20.8 Å². The topological polar surface area (TPSA) is 140 Å². The molecule has 4 atom stereocenters. The molecule has 3 fully saturated rings. The molecule has 4 unspecified atom stereocenters. The van der Waals surface area contributed by atoms with Crippen molar-refractivity contribution >= 4 is 23.6 Å². The summed E-state index contributed by atoms with van der Waals surface area (Å²) in [6.45, 7) is 4.27. The maximum absolute atomic E-state index is 14.6. The number of carbonyl (C=O) groups excluding carboxylic acids is 4. The molecule has 0 aromatic carbocycles. The van der Waals surface area contributed by atoms with Crippen LogP contribution in [0.15, 0.2) is 0 Å². The zero-order valence-electron chi connectivity index (χ0n) is 20.4. The summed E-state index contributed by atoms with van der Waals surface area (Å²) >= 11 is 0. The molecule has 4 N–H and O–H groups in total. The molecule has 2 aliphatic carbocycles. The van der Waals surface area contributed by atoms with E-state index in [-0.39, 0.29) is 30.7 Å². The van der Waals surface area contributed by atoms with Crippen molar-refractivity contribution in [3.8, 4) is 6.07 Å². The van der Waals surface area contributed by atoms with Crippen LogP contribution in [0.2, 0.25) is 0 Å². The fourth-order valence-corrected chi connectivity index (χ4v) is 4.41. The molecule has 3 rings (SSSR count). The lowest BCUT2D eigenvalue weighted by Crippen LogP contribution is -2.60. The molecule has 200 valence electrons. The van der Waals surface area contributed by atoms with Crippen LogP contribution in [0.3, 0.4) is 0 Å². The first-order chi connectivity index (χ1) is 16.5. The highest BCUT2D eigenvalue weighted by molar-refractivity contribution is 5.93. The minimum atomic E-state index is -5.23. The third kappa shape index (κ3) is 6.85. The van der Waals surface area contributed by atoms with Crippen LogP contribution in [-0.2, 0) is 19.2 Å². The molecular weight excluding hydrogens is 486 g/mol. The van der Waals surface area contributed by atoms with Gasteiger partial charge in [0.15, 0.2) is 0 Å². The van der Waals surface area contributed by atoms with Crippen LogP contribution in [0.5, 0.6) is 0 Å². The van der Waals surface area contributed by atoms with E-state index in [4.69, 9.17) is 0 Å². The molecule has 1 spiro atoms. The predicted molar refractivity (Wildman–Crippen MR) is 117 cm³/mol. The molecule has 0 radical (unpaired) electrons. The summed E-state index contributed by atoms with van der Waals surface area (Å²) in [6.07, 6.45) is -3.11. The Kier molecular flexibility index (Phi) is 7.32. The largest absolute Gasteiger partial charge is 0.471 e. The van der Waals surface area contributed by atoms with Gasteiger partial charge < -0.3 is 21.3 Å². The Bertz CT molecular complexity index is 963. The highest BCUT2D eigenvalue weighted by Gasteiger charge is 2.53. The van der Waals surface area contributed by atoms with Crippen LogP contribution in [0, 0.1) is 22.7 Å². The molecule has 0 bridgehead atoms. The van der Waals surface area contributed by atoms with Gasteiger partial charge in [0.1, 0.15) is 23.8 Å². The fraction of sp³-hybridized carbons (Fsp3) is 0.783. The summed E-state index contributed by atoms with van der Waals surface area (Å²) in [7, 11) is 0. The maximum Gasteiger partial charge on any atom is 0.471 e. The van der Waals surface area contributed by atoms with Crippen LogP contribution in [0.1, 0.15) is 65.7 Å².